The van der Waals surface area contributed by atoms with Crippen LogP contribution in [0.2, 0.25) is 0 Å². The summed E-state index contributed by atoms with van der Waals surface area (Å²) in [5.41, 5.74) is -2.00. The molecule has 2 rings (SSSR count). The lowest BCUT2D eigenvalue weighted by atomic mass is 10.1. The number of nitrogens with zero attached hydrogens (tertiary/aromatic N) is 2. The van der Waals surface area contributed by atoms with Gasteiger partial charge in [0.05, 0.1) is 5.56 Å². The number of alkyl halides is 3. The Labute approximate surface area is 132 Å². The summed E-state index contributed by atoms with van der Waals surface area (Å²) >= 11 is 0. The van der Waals surface area contributed by atoms with Gasteiger partial charge in [0.2, 0.25) is 0 Å². The lowest BCUT2D eigenvalue weighted by molar-refractivity contribution is -0.234. The average Bonchev–Trinajstić information content (AvgIpc) is 2.47. The zero-order valence-corrected chi connectivity index (χ0v) is 13.1. The van der Waals surface area contributed by atoms with Gasteiger partial charge < -0.3 is 5.32 Å². The zero-order chi connectivity index (χ0) is 17.1. The van der Waals surface area contributed by atoms with Crippen LogP contribution in [0.1, 0.15) is 38.7 Å². The van der Waals surface area contributed by atoms with Crippen LogP contribution in [0, 0.1) is 0 Å². The Hall–Kier alpha value is -1.67. The number of hydroxylamine groups is 2. The van der Waals surface area contributed by atoms with Crippen LogP contribution in [0.3, 0.4) is 0 Å². The molecule has 8 heteroatoms. The first kappa shape index (κ1) is 17.7. The number of aromatic nitrogens is 1. The second-order valence-electron chi connectivity index (χ2n) is 5.98. The van der Waals surface area contributed by atoms with Gasteiger partial charge in [-0.2, -0.15) is 18.2 Å². The minimum Gasteiger partial charge on any atom is -0.308 e. The fraction of sp³-hybridized carbons (Fsp3) is 0.600. The molecule has 0 aliphatic carbocycles. The van der Waals surface area contributed by atoms with Crippen LogP contribution < -0.4 is 5.32 Å². The largest absolute Gasteiger partial charge is 0.417 e. The van der Waals surface area contributed by atoms with E-state index in [0.29, 0.717) is 6.20 Å². The van der Waals surface area contributed by atoms with Gasteiger partial charge >= 0.3 is 6.18 Å². The molecule has 1 saturated heterocycles. The standard InChI is InChI=1S/C15H20F3N3O2/c1-14(2,23-21-8-4-3-5-9-21)13(22)20-12-7-6-11(10-19-12)15(16,17)18/h6-7,10H,3-5,8-9H2,1-2H3,(H,19,20,22). The summed E-state index contributed by atoms with van der Waals surface area (Å²) in [5, 5.41) is 4.23. The molecule has 1 fully saturated rings. The highest BCUT2D eigenvalue weighted by molar-refractivity contribution is 5.95. The topological polar surface area (TPSA) is 54.5 Å². The molecule has 1 aliphatic rings. The summed E-state index contributed by atoms with van der Waals surface area (Å²) < 4.78 is 37.4. The molecular weight excluding hydrogens is 311 g/mol. The van der Waals surface area contributed by atoms with E-state index in [1.165, 1.54) is 0 Å². The highest BCUT2D eigenvalue weighted by Crippen LogP contribution is 2.29. The fourth-order valence-electron chi connectivity index (χ4n) is 2.22. The third kappa shape index (κ3) is 4.90. The van der Waals surface area contributed by atoms with E-state index in [-0.39, 0.29) is 5.82 Å². The monoisotopic (exact) mass is 331 g/mol. The van der Waals surface area contributed by atoms with Crippen molar-refractivity contribution in [2.75, 3.05) is 18.4 Å². The molecule has 128 valence electrons. The number of piperidine rings is 1. The molecule has 0 bridgehead atoms. The van der Waals surface area contributed by atoms with Gasteiger partial charge in [-0.1, -0.05) is 6.42 Å². The smallest absolute Gasteiger partial charge is 0.308 e. The van der Waals surface area contributed by atoms with Crippen LogP contribution in [-0.4, -0.2) is 34.6 Å². The van der Waals surface area contributed by atoms with Crippen molar-refractivity contribution in [3.8, 4) is 0 Å². The number of nitrogens with one attached hydrogen (secondary N) is 1. The van der Waals surface area contributed by atoms with E-state index >= 15 is 0 Å². The van der Waals surface area contributed by atoms with Crippen LogP contribution in [-0.2, 0) is 15.8 Å². The van der Waals surface area contributed by atoms with Crippen LogP contribution in [0.4, 0.5) is 19.0 Å². The molecule has 0 atom stereocenters. The summed E-state index contributed by atoms with van der Waals surface area (Å²) in [6.07, 6.45) is -0.599. The molecule has 0 radical (unpaired) electrons. The number of hydrogen-bond acceptors (Lipinski definition) is 4. The van der Waals surface area contributed by atoms with Gasteiger partial charge in [-0.05, 0) is 38.8 Å². The van der Waals surface area contributed by atoms with Crippen molar-refractivity contribution < 1.29 is 22.8 Å². The molecule has 1 amide bonds. The number of pyridine rings is 1. The van der Waals surface area contributed by atoms with E-state index in [2.05, 4.69) is 10.3 Å². The van der Waals surface area contributed by atoms with Gasteiger partial charge in [0.15, 0.2) is 5.60 Å². The van der Waals surface area contributed by atoms with E-state index in [9.17, 15) is 18.0 Å². The second kappa shape index (κ2) is 6.84. The Balaban J connectivity index is 1.96. The van der Waals surface area contributed by atoms with Gasteiger partial charge in [0.1, 0.15) is 5.82 Å². The van der Waals surface area contributed by atoms with Gasteiger partial charge in [-0.3, -0.25) is 9.63 Å². The maximum atomic E-state index is 12.5. The van der Waals surface area contributed by atoms with E-state index < -0.39 is 23.2 Å². The summed E-state index contributed by atoms with van der Waals surface area (Å²) in [5.74, 6) is -0.409. The first-order valence-corrected chi connectivity index (χ1v) is 7.47. The molecule has 2 heterocycles. The molecule has 23 heavy (non-hydrogen) atoms. The normalized spacial score (nSPS) is 17.1. The predicted molar refractivity (Wildman–Crippen MR) is 78.5 cm³/mol. The molecule has 0 saturated carbocycles. The molecule has 0 aromatic carbocycles. The summed E-state index contributed by atoms with van der Waals surface area (Å²) in [6, 6.07) is 2.00. The number of carbonyl (C=O) groups is 1. The number of halogens is 3. The van der Waals surface area contributed by atoms with Gasteiger partial charge in [-0.15, -0.1) is 0 Å². The Bertz CT molecular complexity index is 538. The lowest BCUT2D eigenvalue weighted by Gasteiger charge is -2.33. The Morgan fingerprint density at radius 3 is 2.39 bits per heavy atom. The van der Waals surface area contributed by atoms with Crippen molar-refractivity contribution in [1.82, 2.24) is 10.0 Å². The molecule has 5 nitrogen and oxygen atoms in total. The second-order valence-corrected chi connectivity index (χ2v) is 5.98. The van der Waals surface area contributed by atoms with E-state index in [1.807, 2.05) is 0 Å². The van der Waals surface area contributed by atoms with Gasteiger partial charge in [0, 0.05) is 19.3 Å². The SMILES string of the molecule is CC(C)(ON1CCCCC1)C(=O)Nc1ccc(C(F)(F)F)cn1. The quantitative estimate of drug-likeness (QED) is 0.920. The Kier molecular flexibility index (Phi) is 5.26. The van der Waals surface area contributed by atoms with Crippen LogP contribution >= 0.6 is 0 Å². The predicted octanol–water partition coefficient (Wildman–Crippen LogP) is 3.24. The molecule has 1 aromatic heterocycles. The molecule has 1 aliphatic heterocycles. The van der Waals surface area contributed by atoms with Crippen LogP contribution in [0.5, 0.6) is 0 Å². The van der Waals surface area contributed by atoms with Crippen molar-refractivity contribution >= 4 is 11.7 Å². The summed E-state index contributed by atoms with van der Waals surface area (Å²) in [7, 11) is 0. The average molecular weight is 331 g/mol. The molecule has 1 N–H and O–H groups in total. The third-order valence-corrected chi connectivity index (χ3v) is 3.55. The highest BCUT2D eigenvalue weighted by Gasteiger charge is 2.33. The minimum atomic E-state index is -4.45. The fourth-order valence-corrected chi connectivity index (χ4v) is 2.22. The number of hydrogen-bond donors (Lipinski definition) is 1. The number of carbonyl (C=O) groups excluding carboxylic acids is 1. The first-order chi connectivity index (χ1) is 10.7. The molecule has 1 aromatic rings. The number of amides is 1. The van der Waals surface area contributed by atoms with Crippen molar-refractivity contribution in [3.63, 3.8) is 0 Å². The number of anilines is 1. The summed E-state index contributed by atoms with van der Waals surface area (Å²) in [4.78, 5) is 21.6. The van der Waals surface area contributed by atoms with E-state index in [4.69, 9.17) is 4.84 Å². The molecule has 0 spiro atoms. The summed E-state index contributed by atoms with van der Waals surface area (Å²) in [6.45, 7) is 4.74. The van der Waals surface area contributed by atoms with Crippen molar-refractivity contribution in [2.24, 2.45) is 0 Å². The Morgan fingerprint density at radius 2 is 1.87 bits per heavy atom. The maximum absolute atomic E-state index is 12.5. The molecular formula is C15H20F3N3O2. The Morgan fingerprint density at radius 1 is 1.22 bits per heavy atom. The van der Waals surface area contributed by atoms with Gasteiger partial charge in [-0.25, -0.2) is 4.98 Å². The van der Waals surface area contributed by atoms with E-state index in [0.717, 1.165) is 44.5 Å². The third-order valence-electron chi connectivity index (χ3n) is 3.55. The van der Waals surface area contributed by atoms with Crippen molar-refractivity contribution in [2.45, 2.75) is 44.9 Å². The lowest BCUT2D eigenvalue weighted by Crippen LogP contribution is -2.46. The van der Waals surface area contributed by atoms with Crippen LogP contribution in [0.15, 0.2) is 18.3 Å². The van der Waals surface area contributed by atoms with Gasteiger partial charge in [0.25, 0.3) is 5.91 Å². The maximum Gasteiger partial charge on any atom is 0.417 e. The molecule has 0 unspecified atom stereocenters. The first-order valence-electron chi connectivity index (χ1n) is 7.47. The number of rotatable bonds is 4. The van der Waals surface area contributed by atoms with E-state index in [1.54, 1.807) is 18.9 Å². The van der Waals surface area contributed by atoms with Crippen molar-refractivity contribution in [3.05, 3.63) is 23.9 Å². The zero-order valence-electron chi connectivity index (χ0n) is 13.1. The minimum absolute atomic E-state index is 0.0540. The highest BCUT2D eigenvalue weighted by atomic mass is 19.4. The van der Waals surface area contributed by atoms with Crippen molar-refractivity contribution in [1.29, 1.82) is 0 Å². The van der Waals surface area contributed by atoms with Crippen LogP contribution in [0.25, 0.3) is 0 Å².